The number of aromatic nitrogens is 2. The van der Waals surface area contributed by atoms with E-state index in [-0.39, 0.29) is 29.3 Å². The first-order chi connectivity index (χ1) is 17.9. The summed E-state index contributed by atoms with van der Waals surface area (Å²) in [4.78, 5) is 38.6. The number of hydrogen-bond donors (Lipinski definition) is 2. The van der Waals surface area contributed by atoms with Crippen LogP contribution in [-0.4, -0.2) is 34.5 Å². The van der Waals surface area contributed by atoms with Gasteiger partial charge in [-0.3, -0.25) is 19.5 Å². The van der Waals surface area contributed by atoms with Gasteiger partial charge in [-0.1, -0.05) is 60.7 Å². The molecule has 9 heteroatoms. The maximum Gasteiger partial charge on any atom is 0.311 e. The molecule has 0 unspecified atom stereocenters. The molecule has 0 bridgehead atoms. The van der Waals surface area contributed by atoms with Crippen molar-refractivity contribution in [2.24, 2.45) is 5.10 Å². The predicted molar refractivity (Wildman–Crippen MR) is 137 cm³/mol. The van der Waals surface area contributed by atoms with Crippen LogP contribution < -0.4 is 11.0 Å². The zero-order valence-corrected chi connectivity index (χ0v) is 20.3. The van der Waals surface area contributed by atoms with Gasteiger partial charge in [-0.25, -0.2) is 14.5 Å². The Bertz CT molecular complexity index is 1440. The number of nitrogens with one attached hydrogen (secondary N) is 2. The van der Waals surface area contributed by atoms with Gasteiger partial charge in [0.15, 0.2) is 0 Å². The molecule has 2 N–H and O–H groups in total. The van der Waals surface area contributed by atoms with E-state index in [0.717, 1.165) is 11.1 Å². The molecule has 1 aromatic heterocycles. The number of hydrogen-bond acceptors (Lipinski definition) is 5. The number of carbonyl (C=O) groups excluding carboxylic acids is 2. The summed E-state index contributed by atoms with van der Waals surface area (Å²) in [6, 6.07) is 23.9. The number of carbonyl (C=O) groups is 2. The zero-order valence-electron chi connectivity index (χ0n) is 20.3. The number of nitrogens with zero attached hydrogens (tertiary/aromatic N) is 2. The largest absolute Gasteiger partial charge is 0.469 e. The van der Waals surface area contributed by atoms with Gasteiger partial charge < -0.3 is 4.74 Å². The molecule has 8 nitrogen and oxygen atoms in total. The van der Waals surface area contributed by atoms with E-state index in [0.29, 0.717) is 5.69 Å². The van der Waals surface area contributed by atoms with E-state index in [9.17, 15) is 18.8 Å². The predicted octanol–water partition coefficient (Wildman–Crippen LogP) is 3.69. The van der Waals surface area contributed by atoms with Crippen LogP contribution >= 0.6 is 0 Å². The third-order valence-corrected chi connectivity index (χ3v) is 5.82. The van der Waals surface area contributed by atoms with Crippen molar-refractivity contribution in [2.75, 3.05) is 7.11 Å². The second kappa shape index (κ2) is 11.3. The lowest BCUT2D eigenvalue weighted by Gasteiger charge is -2.16. The van der Waals surface area contributed by atoms with Gasteiger partial charge in [0.05, 0.1) is 42.1 Å². The third kappa shape index (κ3) is 5.72. The summed E-state index contributed by atoms with van der Waals surface area (Å²) in [5.41, 5.74) is 4.54. The van der Waals surface area contributed by atoms with Gasteiger partial charge in [0.25, 0.3) is 11.5 Å². The normalized spacial score (nSPS) is 11.4. The number of H-pyrrole nitrogens is 1. The molecule has 0 radical (unpaired) electrons. The second-order valence-corrected chi connectivity index (χ2v) is 8.26. The van der Waals surface area contributed by atoms with Crippen molar-refractivity contribution in [3.8, 4) is 5.69 Å². The molecule has 4 aromatic rings. The average Bonchev–Trinajstić information content (AvgIpc) is 3.24. The molecule has 188 valence electrons. The standard InChI is InChI=1S/C28H25FN4O4/c1-18(30-31-27(35)26(19-9-5-3-6-10-19)20-11-7-4-8-12-20)25-23(17-24(34)37-2)32-33(28(25)36)22-15-13-21(29)14-16-22/h3-16,26,32H,17H2,1-2H3,(H,31,35)/b30-18+. The number of aromatic amines is 1. The fraction of sp³-hybridized carbons (Fsp3) is 0.143. The van der Waals surface area contributed by atoms with Gasteiger partial charge in [-0.2, -0.15) is 5.10 Å². The van der Waals surface area contributed by atoms with Crippen LogP contribution in [0.3, 0.4) is 0 Å². The lowest BCUT2D eigenvalue weighted by molar-refractivity contribution is -0.139. The van der Waals surface area contributed by atoms with Gasteiger partial charge in [-0.15, -0.1) is 0 Å². The Morgan fingerprint density at radius 3 is 2.08 bits per heavy atom. The highest BCUT2D eigenvalue weighted by atomic mass is 19.1. The van der Waals surface area contributed by atoms with Crippen molar-refractivity contribution in [3.05, 3.63) is 123 Å². The van der Waals surface area contributed by atoms with Gasteiger partial charge in [-0.05, 0) is 42.3 Å². The lowest BCUT2D eigenvalue weighted by atomic mass is 9.91. The molecule has 4 rings (SSSR count). The minimum Gasteiger partial charge on any atom is -0.469 e. The summed E-state index contributed by atoms with van der Waals surface area (Å²) < 4.78 is 19.3. The maximum absolute atomic E-state index is 13.4. The van der Waals surface area contributed by atoms with E-state index in [4.69, 9.17) is 4.74 Å². The van der Waals surface area contributed by atoms with Crippen molar-refractivity contribution in [1.82, 2.24) is 15.2 Å². The minimum atomic E-state index is -0.629. The second-order valence-electron chi connectivity index (χ2n) is 8.26. The number of rotatable bonds is 8. The fourth-order valence-electron chi connectivity index (χ4n) is 4.02. The molecule has 0 saturated heterocycles. The van der Waals surface area contributed by atoms with Gasteiger partial charge in [0, 0.05) is 0 Å². The van der Waals surface area contributed by atoms with Crippen molar-refractivity contribution >= 4 is 17.6 Å². The molecule has 0 aliphatic carbocycles. The van der Waals surface area contributed by atoms with Crippen LogP contribution in [0.4, 0.5) is 4.39 Å². The summed E-state index contributed by atoms with van der Waals surface area (Å²) in [6.45, 7) is 1.56. The molecule has 0 fully saturated rings. The van der Waals surface area contributed by atoms with E-state index in [2.05, 4.69) is 15.6 Å². The fourth-order valence-corrected chi connectivity index (χ4v) is 4.02. The molecule has 37 heavy (non-hydrogen) atoms. The maximum atomic E-state index is 13.4. The Kier molecular flexibility index (Phi) is 7.73. The van der Waals surface area contributed by atoms with Crippen molar-refractivity contribution in [2.45, 2.75) is 19.3 Å². The van der Waals surface area contributed by atoms with E-state index in [1.54, 1.807) is 6.92 Å². The molecule has 0 aliphatic heterocycles. The minimum absolute atomic E-state index is 0.103. The summed E-state index contributed by atoms with van der Waals surface area (Å²) in [5.74, 6) is -2.04. The third-order valence-electron chi connectivity index (χ3n) is 5.82. The van der Waals surface area contributed by atoms with Gasteiger partial charge in [0.1, 0.15) is 5.82 Å². The number of amides is 1. The molecule has 0 atom stereocenters. The average molecular weight is 501 g/mol. The van der Waals surface area contributed by atoms with Crippen LogP contribution in [0.1, 0.15) is 35.2 Å². The van der Waals surface area contributed by atoms with E-state index in [1.165, 1.54) is 36.1 Å². The van der Waals surface area contributed by atoms with E-state index < -0.39 is 23.3 Å². The molecule has 1 heterocycles. The topological polar surface area (TPSA) is 106 Å². The number of methoxy groups -OCH3 is 1. The molecule has 1 amide bonds. The first kappa shape index (κ1) is 25.3. The van der Waals surface area contributed by atoms with Crippen LogP contribution in [0.15, 0.2) is 94.8 Å². The van der Waals surface area contributed by atoms with Crippen molar-refractivity contribution in [1.29, 1.82) is 0 Å². The summed E-state index contributed by atoms with van der Waals surface area (Å²) >= 11 is 0. The SMILES string of the molecule is COC(=O)Cc1[nH]n(-c2ccc(F)cc2)c(=O)c1/C(C)=N/NC(=O)C(c1ccccc1)c1ccccc1. The summed E-state index contributed by atoms with van der Waals surface area (Å²) in [7, 11) is 1.24. The molecule has 0 saturated carbocycles. The van der Waals surface area contributed by atoms with Crippen LogP contribution in [-0.2, 0) is 20.7 Å². The smallest absolute Gasteiger partial charge is 0.311 e. The van der Waals surface area contributed by atoms with Crippen molar-refractivity contribution < 1.29 is 18.7 Å². The number of hydrazone groups is 1. The van der Waals surface area contributed by atoms with E-state index >= 15 is 0 Å². The Labute approximate surface area is 212 Å². The van der Waals surface area contributed by atoms with Crippen LogP contribution in [0, 0.1) is 5.82 Å². The van der Waals surface area contributed by atoms with Gasteiger partial charge in [0.2, 0.25) is 0 Å². The molecule has 0 spiro atoms. The number of ether oxygens (including phenoxy) is 1. The first-order valence-corrected chi connectivity index (χ1v) is 11.5. The van der Waals surface area contributed by atoms with Gasteiger partial charge >= 0.3 is 5.97 Å². The van der Waals surface area contributed by atoms with Crippen molar-refractivity contribution in [3.63, 3.8) is 0 Å². The Hall–Kier alpha value is -4.79. The van der Waals surface area contributed by atoms with Crippen LogP contribution in [0.25, 0.3) is 5.69 Å². The summed E-state index contributed by atoms with van der Waals surface area (Å²) in [6.07, 6.45) is -0.229. The Balaban J connectivity index is 1.69. The van der Waals surface area contributed by atoms with E-state index in [1.807, 2.05) is 60.7 Å². The first-order valence-electron chi connectivity index (χ1n) is 11.5. The zero-order chi connectivity index (χ0) is 26.4. The summed E-state index contributed by atoms with van der Waals surface area (Å²) in [5, 5.41) is 7.10. The molecular formula is C28H25FN4O4. The molecule has 0 aliphatic rings. The molecule has 3 aromatic carbocycles. The highest BCUT2D eigenvalue weighted by Gasteiger charge is 2.24. The Morgan fingerprint density at radius 1 is 0.973 bits per heavy atom. The van der Waals surface area contributed by atoms with Crippen LogP contribution in [0.2, 0.25) is 0 Å². The highest BCUT2D eigenvalue weighted by molar-refractivity contribution is 6.01. The molecular weight excluding hydrogens is 475 g/mol. The lowest BCUT2D eigenvalue weighted by Crippen LogP contribution is -2.28. The Morgan fingerprint density at radius 2 is 1.54 bits per heavy atom. The van der Waals surface area contributed by atoms with Crippen LogP contribution in [0.5, 0.6) is 0 Å². The number of halogens is 1. The quantitative estimate of drug-likeness (QED) is 0.219. The monoisotopic (exact) mass is 500 g/mol. The highest BCUT2D eigenvalue weighted by Crippen LogP contribution is 2.24. The number of esters is 1. The number of benzene rings is 3.